The fourth-order valence-corrected chi connectivity index (χ4v) is 11.6. The van der Waals surface area contributed by atoms with Crippen LogP contribution in [-0.4, -0.2) is 0 Å². The fourth-order valence-electron chi connectivity index (χ4n) is 11.6. The summed E-state index contributed by atoms with van der Waals surface area (Å²) < 4.78 is 13.6. The Morgan fingerprint density at radius 1 is 0.409 bits per heavy atom. The molecule has 3 aliphatic rings. The summed E-state index contributed by atoms with van der Waals surface area (Å²) in [6.45, 7) is 0. The second kappa shape index (κ2) is 14.3. The Bertz CT molecular complexity index is 3770. The van der Waals surface area contributed by atoms with Gasteiger partial charge >= 0.3 is 0 Å². The van der Waals surface area contributed by atoms with Gasteiger partial charge in [0.2, 0.25) is 0 Å². The summed E-state index contributed by atoms with van der Waals surface area (Å²) in [4.78, 5) is 2.37. The Hall–Kier alpha value is -8.40. The molecule has 3 heteroatoms. The number of fused-ring (bicyclic) bond motifs is 16. The molecule has 2 aliphatic carbocycles. The predicted octanol–water partition coefficient (Wildman–Crippen LogP) is 16.6. The molecule has 310 valence electrons. The van der Waals surface area contributed by atoms with Crippen LogP contribution in [0.4, 0.5) is 17.1 Å². The molecule has 0 radical (unpaired) electrons. The van der Waals surface area contributed by atoms with Crippen LogP contribution in [0, 0.1) is 5.92 Å². The van der Waals surface area contributed by atoms with E-state index in [-0.39, 0.29) is 12.0 Å². The standard InChI is InChI=1S/C63H41NO2/c1-2-13-40(14-3-1)41-25-30-46(31-26-41)64(48-32-36-60-54(39-48)52-22-9-11-24-59(52)65-60)47-18-12-17-44(37-47)45-29-33-56-53(38-45)51-21-8-10-23-55(51)63(56)57-34-27-42-15-4-6-19-49(42)61(57)66-62-50-20-7-5-16-43(50)28-35-58(62)63/h1-39,57,61H. The zero-order chi connectivity index (χ0) is 43.3. The van der Waals surface area contributed by atoms with Crippen molar-refractivity contribution in [3.8, 4) is 39.1 Å². The Morgan fingerprint density at radius 2 is 1.08 bits per heavy atom. The summed E-state index contributed by atoms with van der Waals surface area (Å²) in [6, 6.07) is 81.7. The molecule has 11 aromatic rings. The van der Waals surface area contributed by atoms with Crippen LogP contribution >= 0.6 is 0 Å². The zero-order valence-electron chi connectivity index (χ0n) is 35.9. The monoisotopic (exact) mass is 843 g/mol. The number of nitrogens with zero attached hydrogens (tertiary/aromatic N) is 1. The molecule has 0 bridgehead atoms. The highest BCUT2D eigenvalue weighted by Gasteiger charge is 2.57. The van der Waals surface area contributed by atoms with Crippen LogP contribution in [0.15, 0.2) is 235 Å². The second-order valence-electron chi connectivity index (χ2n) is 17.9. The molecular formula is C63H41NO2. The molecule has 1 aliphatic heterocycles. The van der Waals surface area contributed by atoms with Gasteiger partial charge in [-0.3, -0.25) is 0 Å². The number of furan rings is 1. The summed E-state index contributed by atoms with van der Waals surface area (Å²) in [5.74, 6) is 1.02. The van der Waals surface area contributed by atoms with Crippen molar-refractivity contribution in [2.75, 3.05) is 4.90 Å². The van der Waals surface area contributed by atoms with Crippen LogP contribution in [0.5, 0.6) is 5.75 Å². The molecule has 2 heterocycles. The maximum atomic E-state index is 7.30. The highest BCUT2D eigenvalue weighted by Crippen LogP contribution is 2.65. The lowest BCUT2D eigenvalue weighted by Crippen LogP contribution is -2.45. The Labute approximate surface area is 383 Å². The second-order valence-corrected chi connectivity index (χ2v) is 17.9. The molecule has 10 aromatic carbocycles. The summed E-state index contributed by atoms with van der Waals surface area (Å²) >= 11 is 0. The van der Waals surface area contributed by atoms with Gasteiger partial charge in [0, 0.05) is 50.3 Å². The third kappa shape index (κ3) is 5.38. The van der Waals surface area contributed by atoms with Gasteiger partial charge < -0.3 is 14.1 Å². The lowest BCUT2D eigenvalue weighted by atomic mass is 9.58. The minimum absolute atomic E-state index is 0.0316. The first-order valence-corrected chi connectivity index (χ1v) is 22.9. The molecule has 66 heavy (non-hydrogen) atoms. The molecule has 0 fully saturated rings. The summed E-state index contributed by atoms with van der Waals surface area (Å²) in [5, 5.41) is 4.54. The molecule has 1 spiro atoms. The molecule has 0 saturated carbocycles. The van der Waals surface area contributed by atoms with Crippen molar-refractivity contribution in [3.63, 3.8) is 0 Å². The molecular weight excluding hydrogens is 803 g/mol. The SMILES string of the molecule is C1=CC2C(Oc3c(ccc4ccccc34)C23c2ccccc2-c2cc(-c4cccc(N(c5ccc(-c6ccccc6)cc5)c5ccc6oc7ccccc7c6c5)c4)ccc23)c2ccccc21. The van der Waals surface area contributed by atoms with Gasteiger partial charge in [0.1, 0.15) is 23.0 Å². The van der Waals surface area contributed by atoms with Gasteiger partial charge in [0.25, 0.3) is 0 Å². The minimum atomic E-state index is -0.475. The van der Waals surface area contributed by atoms with Crippen molar-refractivity contribution in [3.05, 3.63) is 258 Å². The van der Waals surface area contributed by atoms with E-state index in [2.05, 4.69) is 229 Å². The lowest BCUT2D eigenvalue weighted by Gasteiger charge is -2.49. The largest absolute Gasteiger partial charge is 0.484 e. The maximum absolute atomic E-state index is 7.30. The van der Waals surface area contributed by atoms with Crippen molar-refractivity contribution in [1.29, 1.82) is 0 Å². The molecule has 3 unspecified atom stereocenters. The Balaban J connectivity index is 0.938. The van der Waals surface area contributed by atoms with E-state index in [0.29, 0.717) is 0 Å². The number of benzene rings is 10. The molecule has 14 rings (SSSR count). The van der Waals surface area contributed by atoms with Gasteiger partial charge in [-0.1, -0.05) is 182 Å². The molecule has 1 aromatic heterocycles. The average molecular weight is 844 g/mol. The maximum Gasteiger partial charge on any atom is 0.135 e. The smallest absolute Gasteiger partial charge is 0.135 e. The number of anilines is 3. The number of para-hydroxylation sites is 1. The van der Waals surface area contributed by atoms with Crippen molar-refractivity contribution >= 4 is 55.8 Å². The third-order valence-electron chi connectivity index (χ3n) is 14.5. The normalized spacial score (nSPS) is 17.5. The van der Waals surface area contributed by atoms with Gasteiger partial charge in [-0.15, -0.1) is 0 Å². The van der Waals surface area contributed by atoms with E-state index in [0.717, 1.165) is 55.7 Å². The van der Waals surface area contributed by atoms with Gasteiger partial charge in [0.15, 0.2) is 0 Å². The first-order valence-electron chi connectivity index (χ1n) is 22.9. The van der Waals surface area contributed by atoms with Crippen molar-refractivity contribution in [2.45, 2.75) is 11.5 Å². The Morgan fingerprint density at radius 3 is 2.00 bits per heavy atom. The van der Waals surface area contributed by atoms with Crippen molar-refractivity contribution in [2.24, 2.45) is 5.92 Å². The molecule has 3 nitrogen and oxygen atoms in total. The molecule has 0 amide bonds. The number of rotatable bonds is 5. The van der Waals surface area contributed by atoms with Gasteiger partial charge in [0.05, 0.1) is 5.41 Å². The fraction of sp³-hybridized carbons (Fsp3) is 0.0476. The van der Waals surface area contributed by atoms with Crippen molar-refractivity contribution in [1.82, 2.24) is 0 Å². The van der Waals surface area contributed by atoms with Crippen molar-refractivity contribution < 1.29 is 9.15 Å². The molecule has 3 atom stereocenters. The van der Waals surface area contributed by atoms with Gasteiger partial charge in [-0.25, -0.2) is 0 Å². The van der Waals surface area contributed by atoms with E-state index in [9.17, 15) is 0 Å². The summed E-state index contributed by atoms with van der Waals surface area (Å²) in [6.07, 6.45) is 4.59. The minimum Gasteiger partial charge on any atom is -0.484 e. The van der Waals surface area contributed by atoms with E-state index >= 15 is 0 Å². The first-order chi connectivity index (χ1) is 32.7. The number of hydrogen-bond donors (Lipinski definition) is 0. The topological polar surface area (TPSA) is 25.6 Å². The van der Waals surface area contributed by atoms with E-state index in [1.54, 1.807) is 0 Å². The van der Waals surface area contributed by atoms with E-state index in [1.165, 1.54) is 61.0 Å². The average Bonchev–Trinajstić information content (AvgIpc) is 3.90. The third-order valence-corrected chi connectivity index (χ3v) is 14.5. The highest BCUT2D eigenvalue weighted by molar-refractivity contribution is 6.06. The van der Waals surface area contributed by atoms with Crippen LogP contribution in [0.3, 0.4) is 0 Å². The summed E-state index contributed by atoms with van der Waals surface area (Å²) in [7, 11) is 0. The van der Waals surface area contributed by atoms with E-state index < -0.39 is 5.41 Å². The van der Waals surface area contributed by atoms with E-state index in [4.69, 9.17) is 9.15 Å². The molecule has 0 saturated heterocycles. The van der Waals surface area contributed by atoms with Gasteiger partial charge in [-0.2, -0.15) is 0 Å². The lowest BCUT2D eigenvalue weighted by molar-refractivity contribution is 0.105. The van der Waals surface area contributed by atoms with E-state index in [1.807, 2.05) is 12.1 Å². The van der Waals surface area contributed by atoms with Crippen LogP contribution in [0.2, 0.25) is 0 Å². The van der Waals surface area contributed by atoms with Gasteiger partial charge in [-0.05, 0) is 110 Å². The van der Waals surface area contributed by atoms with Crippen LogP contribution in [0.1, 0.15) is 33.9 Å². The quantitative estimate of drug-likeness (QED) is 0.173. The van der Waals surface area contributed by atoms with Crippen LogP contribution < -0.4 is 9.64 Å². The van der Waals surface area contributed by atoms with Crippen LogP contribution in [0.25, 0.3) is 72.2 Å². The molecule has 0 N–H and O–H groups in total. The summed E-state index contributed by atoms with van der Waals surface area (Å²) in [5.41, 5.74) is 18.1. The number of ether oxygens (including phenoxy) is 1. The predicted molar refractivity (Wildman–Crippen MR) is 271 cm³/mol. The first kappa shape index (κ1) is 37.0. The number of hydrogen-bond acceptors (Lipinski definition) is 3. The Kier molecular flexibility index (Phi) is 8.02. The highest BCUT2D eigenvalue weighted by atomic mass is 16.5. The van der Waals surface area contributed by atoms with Crippen LogP contribution in [-0.2, 0) is 5.41 Å². The zero-order valence-corrected chi connectivity index (χ0v) is 35.9.